The van der Waals surface area contributed by atoms with Crippen molar-refractivity contribution in [3.8, 4) is 22.5 Å². The zero-order valence-corrected chi connectivity index (χ0v) is 17.6. The molecule has 16 heteroatoms. The van der Waals surface area contributed by atoms with Crippen LogP contribution >= 0.6 is 0 Å². The van der Waals surface area contributed by atoms with E-state index in [1.165, 1.54) is 18.3 Å². The van der Waals surface area contributed by atoms with Crippen molar-refractivity contribution in [3.05, 3.63) is 30.5 Å². The maximum atomic E-state index is 13.0. The molecule has 14 nitrogen and oxygen atoms in total. The first-order valence-corrected chi connectivity index (χ1v) is 11.7. The van der Waals surface area contributed by atoms with Crippen LogP contribution in [0.1, 0.15) is 0 Å². The van der Waals surface area contributed by atoms with E-state index in [-0.39, 0.29) is 35.9 Å². The number of nitrogens with zero attached hydrogens (tertiary/aromatic N) is 4. The van der Waals surface area contributed by atoms with Crippen LogP contribution in [0, 0.1) is 0 Å². The van der Waals surface area contributed by atoms with Crippen molar-refractivity contribution in [3.63, 3.8) is 0 Å². The van der Waals surface area contributed by atoms with Crippen molar-refractivity contribution in [2.24, 2.45) is 16.6 Å². The number of hydrogen-bond acceptors (Lipinski definition) is 11. The largest absolute Gasteiger partial charge is 0.384 e. The molecule has 0 saturated carbocycles. The van der Waals surface area contributed by atoms with E-state index >= 15 is 0 Å². The second-order valence-electron chi connectivity index (χ2n) is 6.36. The average molecular weight is 469 g/mol. The molecule has 0 unspecified atom stereocenters. The third-order valence-electron chi connectivity index (χ3n) is 4.25. The minimum atomic E-state index is -4.61. The van der Waals surface area contributed by atoms with Crippen LogP contribution in [0.3, 0.4) is 0 Å². The summed E-state index contributed by atoms with van der Waals surface area (Å²) in [6, 6.07) is 4.71. The van der Waals surface area contributed by atoms with Gasteiger partial charge >= 0.3 is 0 Å². The van der Waals surface area contributed by atoms with Gasteiger partial charge in [0.05, 0.1) is 5.56 Å². The highest BCUT2D eigenvalue weighted by molar-refractivity contribution is 7.92. The van der Waals surface area contributed by atoms with Gasteiger partial charge < -0.3 is 17.2 Å². The standard InChI is InChI=1S/C15H20N10O4S2/c16-5-9(6-17)23-31(28,29)11-3-2-10(8-1-4-12(18)20-7-8)13(14(11)30(19,26)27)15-21-24-25-22-15/h1-4,7,9,23H,5-6,16-17H2,(H2,18,20)(H2,19,26,27)(H,21,22,24,25). The molecule has 0 amide bonds. The number of primary sulfonamides is 1. The van der Waals surface area contributed by atoms with Gasteiger partial charge in [-0.2, -0.15) is 5.21 Å². The summed E-state index contributed by atoms with van der Waals surface area (Å²) in [5.41, 5.74) is 17.1. The summed E-state index contributed by atoms with van der Waals surface area (Å²) in [7, 11) is -9.02. The number of nitrogen functional groups attached to an aromatic ring is 1. The quantitative estimate of drug-likeness (QED) is 0.205. The van der Waals surface area contributed by atoms with E-state index in [1.54, 1.807) is 6.07 Å². The first-order chi connectivity index (χ1) is 14.6. The van der Waals surface area contributed by atoms with Crippen LogP contribution in [-0.4, -0.2) is 61.6 Å². The molecule has 0 aliphatic heterocycles. The topological polar surface area (TPSA) is 252 Å². The van der Waals surface area contributed by atoms with Gasteiger partial charge in [0.2, 0.25) is 25.9 Å². The Bertz CT molecular complexity index is 1270. The molecule has 0 aliphatic carbocycles. The maximum Gasteiger partial charge on any atom is 0.242 e. The Balaban J connectivity index is 2.38. The lowest BCUT2D eigenvalue weighted by molar-refractivity contribution is 0.548. The molecule has 166 valence electrons. The van der Waals surface area contributed by atoms with E-state index in [4.69, 9.17) is 22.3 Å². The molecule has 0 fully saturated rings. The molecule has 0 atom stereocenters. The molecular formula is C15H20N10O4S2. The average Bonchev–Trinajstić information content (AvgIpc) is 3.25. The van der Waals surface area contributed by atoms with Crippen LogP contribution in [0.25, 0.3) is 22.5 Å². The second-order valence-corrected chi connectivity index (χ2v) is 9.54. The second kappa shape index (κ2) is 8.61. The lowest BCUT2D eigenvalue weighted by Gasteiger charge is -2.19. The van der Waals surface area contributed by atoms with E-state index < -0.39 is 35.9 Å². The fourth-order valence-electron chi connectivity index (χ4n) is 2.83. The zero-order chi connectivity index (χ0) is 22.8. The Morgan fingerprint density at radius 1 is 1.06 bits per heavy atom. The van der Waals surface area contributed by atoms with Crippen LogP contribution in [0.15, 0.2) is 40.3 Å². The SMILES string of the molecule is NCC(CN)NS(=O)(=O)c1ccc(-c2ccc(N)nc2)c(-c2nn[nH]n2)c1S(N)(=O)=O. The van der Waals surface area contributed by atoms with Crippen molar-refractivity contribution in [1.29, 1.82) is 0 Å². The van der Waals surface area contributed by atoms with Gasteiger partial charge in [-0.05, 0) is 29.0 Å². The van der Waals surface area contributed by atoms with Crippen molar-refractivity contribution >= 4 is 25.9 Å². The number of H-pyrrole nitrogens is 1. The van der Waals surface area contributed by atoms with Crippen LogP contribution in [0.4, 0.5) is 5.82 Å². The molecule has 0 spiro atoms. The number of aromatic amines is 1. The lowest BCUT2D eigenvalue weighted by atomic mass is 10.0. The molecule has 3 aromatic rings. The van der Waals surface area contributed by atoms with E-state index in [1.807, 2.05) is 0 Å². The van der Waals surface area contributed by atoms with E-state index in [2.05, 4.69) is 30.3 Å². The lowest BCUT2D eigenvalue weighted by Crippen LogP contribution is -2.45. The van der Waals surface area contributed by atoms with E-state index in [0.717, 1.165) is 6.07 Å². The van der Waals surface area contributed by atoms with Gasteiger partial charge in [-0.25, -0.2) is 31.7 Å². The number of nitrogens with two attached hydrogens (primary N) is 4. The Labute approximate surface area is 177 Å². The Kier molecular flexibility index (Phi) is 6.30. The van der Waals surface area contributed by atoms with Gasteiger partial charge in [-0.1, -0.05) is 6.07 Å². The number of sulfonamides is 2. The summed E-state index contributed by atoms with van der Waals surface area (Å²) in [6.07, 6.45) is 1.38. The molecule has 31 heavy (non-hydrogen) atoms. The van der Waals surface area contributed by atoms with Gasteiger partial charge in [0.15, 0.2) is 0 Å². The fraction of sp³-hybridized carbons (Fsp3) is 0.200. The van der Waals surface area contributed by atoms with Crippen molar-refractivity contribution in [2.75, 3.05) is 18.8 Å². The summed E-state index contributed by atoms with van der Waals surface area (Å²) < 4.78 is 53.5. The zero-order valence-electron chi connectivity index (χ0n) is 15.9. The summed E-state index contributed by atoms with van der Waals surface area (Å²) >= 11 is 0. The molecule has 1 aromatic carbocycles. The fourth-order valence-corrected chi connectivity index (χ4v) is 5.69. The highest BCUT2D eigenvalue weighted by atomic mass is 32.2. The molecule has 0 radical (unpaired) electrons. The highest BCUT2D eigenvalue weighted by Gasteiger charge is 2.32. The number of tetrazole rings is 1. The molecule has 2 heterocycles. The van der Waals surface area contributed by atoms with Gasteiger partial charge in [0.25, 0.3) is 0 Å². The normalized spacial score (nSPS) is 12.4. The monoisotopic (exact) mass is 468 g/mol. The molecule has 2 aromatic heterocycles. The number of nitrogens with one attached hydrogen (secondary N) is 2. The summed E-state index contributed by atoms with van der Waals surface area (Å²) in [5.74, 6) is 0.0386. The Morgan fingerprint density at radius 2 is 1.77 bits per heavy atom. The van der Waals surface area contributed by atoms with Crippen LogP contribution in [0.5, 0.6) is 0 Å². The van der Waals surface area contributed by atoms with Crippen molar-refractivity contribution < 1.29 is 16.8 Å². The first kappa shape index (κ1) is 22.7. The predicted octanol–water partition coefficient (Wildman–Crippen LogP) is -2.28. The molecule has 0 bridgehead atoms. The first-order valence-electron chi connectivity index (χ1n) is 8.66. The van der Waals surface area contributed by atoms with Crippen molar-refractivity contribution in [2.45, 2.75) is 15.8 Å². The van der Waals surface area contributed by atoms with Gasteiger partial charge in [-0.3, -0.25) is 0 Å². The van der Waals surface area contributed by atoms with Gasteiger partial charge in [0.1, 0.15) is 15.6 Å². The van der Waals surface area contributed by atoms with E-state index in [9.17, 15) is 16.8 Å². The third-order valence-corrected chi connectivity index (χ3v) is 6.94. The highest BCUT2D eigenvalue weighted by Crippen LogP contribution is 2.38. The Morgan fingerprint density at radius 3 is 2.29 bits per heavy atom. The Hall–Kier alpha value is -3.02. The van der Waals surface area contributed by atoms with Crippen LogP contribution in [0.2, 0.25) is 0 Å². The predicted molar refractivity (Wildman–Crippen MR) is 111 cm³/mol. The maximum absolute atomic E-state index is 13.0. The summed E-state index contributed by atoms with van der Waals surface area (Å²) in [6.45, 7) is -0.208. The molecule has 0 saturated heterocycles. The summed E-state index contributed by atoms with van der Waals surface area (Å²) in [4.78, 5) is 2.64. The van der Waals surface area contributed by atoms with Crippen LogP contribution < -0.4 is 27.1 Å². The number of aromatic nitrogens is 5. The van der Waals surface area contributed by atoms with Crippen LogP contribution in [-0.2, 0) is 20.0 Å². The molecule has 0 aliphatic rings. The minimum Gasteiger partial charge on any atom is -0.384 e. The van der Waals surface area contributed by atoms with Crippen molar-refractivity contribution in [1.82, 2.24) is 30.3 Å². The number of rotatable bonds is 8. The summed E-state index contributed by atoms with van der Waals surface area (Å²) in [5, 5.41) is 18.7. The molecular weight excluding hydrogens is 448 g/mol. The molecule has 3 rings (SSSR count). The smallest absolute Gasteiger partial charge is 0.242 e. The minimum absolute atomic E-state index is 0.104. The number of anilines is 1. The molecule has 10 N–H and O–H groups in total. The number of benzene rings is 1. The third kappa shape index (κ3) is 4.68. The van der Waals surface area contributed by atoms with Gasteiger partial charge in [0, 0.05) is 30.9 Å². The number of hydrogen-bond donors (Lipinski definition) is 6. The van der Waals surface area contributed by atoms with E-state index in [0.29, 0.717) is 5.56 Å². The number of pyridine rings is 1. The van der Waals surface area contributed by atoms with Gasteiger partial charge in [-0.15, -0.1) is 10.2 Å².